The standard InChI is InChI=1S/C11H12F3NO2/c1-5-2-6(4-8(15)11(16)17)3-7(12)9(5)10(13)14/h2-3,8,10H,4,15H2,1H3,(H,16,17). The van der Waals surface area contributed by atoms with Crippen LogP contribution in [0.2, 0.25) is 0 Å². The smallest absolute Gasteiger partial charge is 0.320 e. The Morgan fingerprint density at radius 1 is 1.47 bits per heavy atom. The van der Waals surface area contributed by atoms with Gasteiger partial charge >= 0.3 is 5.97 Å². The van der Waals surface area contributed by atoms with Gasteiger partial charge < -0.3 is 10.8 Å². The SMILES string of the molecule is Cc1cc(CC(N)C(=O)O)cc(F)c1C(F)F. The summed E-state index contributed by atoms with van der Waals surface area (Å²) in [6.45, 7) is 1.35. The second-order valence-corrected chi connectivity index (χ2v) is 3.76. The molecule has 6 heteroatoms. The third kappa shape index (κ3) is 3.20. The molecule has 1 aromatic rings. The van der Waals surface area contributed by atoms with Gasteiger partial charge in [0.05, 0.1) is 5.56 Å². The molecule has 1 aromatic carbocycles. The summed E-state index contributed by atoms with van der Waals surface area (Å²) in [5.41, 5.74) is 5.00. The second-order valence-electron chi connectivity index (χ2n) is 3.76. The van der Waals surface area contributed by atoms with Crippen LogP contribution in [0.4, 0.5) is 13.2 Å². The quantitative estimate of drug-likeness (QED) is 0.855. The number of carbonyl (C=O) groups is 1. The zero-order valence-electron chi connectivity index (χ0n) is 9.08. The molecule has 0 saturated carbocycles. The van der Waals surface area contributed by atoms with Crippen LogP contribution in [0.3, 0.4) is 0 Å². The zero-order chi connectivity index (χ0) is 13.2. The number of benzene rings is 1. The Balaban J connectivity index is 3.02. The Hall–Kier alpha value is -1.56. The molecular weight excluding hydrogens is 235 g/mol. The lowest BCUT2D eigenvalue weighted by atomic mass is 10.00. The third-order valence-electron chi connectivity index (χ3n) is 2.39. The fraction of sp³-hybridized carbons (Fsp3) is 0.364. The molecule has 0 aromatic heterocycles. The first-order chi connectivity index (χ1) is 7.82. The molecule has 0 aliphatic carbocycles. The Labute approximate surface area is 96.0 Å². The first-order valence-corrected chi connectivity index (χ1v) is 4.88. The molecule has 0 aliphatic heterocycles. The van der Waals surface area contributed by atoms with Crippen molar-refractivity contribution in [3.8, 4) is 0 Å². The highest BCUT2D eigenvalue weighted by atomic mass is 19.3. The van der Waals surface area contributed by atoms with E-state index in [0.29, 0.717) is 5.56 Å². The normalized spacial score (nSPS) is 12.8. The van der Waals surface area contributed by atoms with Crippen LogP contribution < -0.4 is 5.73 Å². The fourth-order valence-electron chi connectivity index (χ4n) is 1.56. The number of carboxylic acids is 1. The first kappa shape index (κ1) is 13.5. The predicted octanol–water partition coefficient (Wildman–Crippen LogP) is 2.03. The topological polar surface area (TPSA) is 63.3 Å². The third-order valence-corrected chi connectivity index (χ3v) is 2.39. The van der Waals surface area contributed by atoms with E-state index >= 15 is 0 Å². The average Bonchev–Trinajstić information content (AvgIpc) is 2.15. The molecule has 0 saturated heterocycles. The number of hydrogen-bond acceptors (Lipinski definition) is 2. The maximum absolute atomic E-state index is 13.3. The van der Waals surface area contributed by atoms with Crippen molar-refractivity contribution in [3.05, 3.63) is 34.6 Å². The molecular formula is C11H12F3NO2. The van der Waals surface area contributed by atoms with Crippen LogP contribution in [-0.2, 0) is 11.2 Å². The molecule has 3 N–H and O–H groups in total. The number of alkyl halides is 2. The highest BCUT2D eigenvalue weighted by Crippen LogP contribution is 2.27. The van der Waals surface area contributed by atoms with Gasteiger partial charge in [-0.15, -0.1) is 0 Å². The van der Waals surface area contributed by atoms with Crippen molar-refractivity contribution in [3.63, 3.8) is 0 Å². The van der Waals surface area contributed by atoms with E-state index in [9.17, 15) is 18.0 Å². The maximum atomic E-state index is 13.3. The summed E-state index contributed by atoms with van der Waals surface area (Å²) >= 11 is 0. The highest BCUT2D eigenvalue weighted by molar-refractivity contribution is 5.73. The van der Waals surface area contributed by atoms with Gasteiger partial charge in [-0.2, -0.15) is 0 Å². The lowest BCUT2D eigenvalue weighted by Gasteiger charge is -2.11. The predicted molar refractivity (Wildman–Crippen MR) is 55.4 cm³/mol. The van der Waals surface area contributed by atoms with E-state index < -0.39 is 29.8 Å². The lowest BCUT2D eigenvalue weighted by Crippen LogP contribution is -2.32. The van der Waals surface area contributed by atoms with Crippen LogP contribution in [-0.4, -0.2) is 17.1 Å². The maximum Gasteiger partial charge on any atom is 0.320 e. The molecule has 0 bridgehead atoms. The Bertz CT molecular complexity index is 412. The Morgan fingerprint density at radius 2 is 2.06 bits per heavy atom. The van der Waals surface area contributed by atoms with Gasteiger partial charge in [0.25, 0.3) is 6.43 Å². The molecule has 1 unspecified atom stereocenters. The van der Waals surface area contributed by atoms with Gasteiger partial charge in [-0.05, 0) is 30.5 Å². The van der Waals surface area contributed by atoms with Crippen molar-refractivity contribution < 1.29 is 23.1 Å². The van der Waals surface area contributed by atoms with E-state index in [1.54, 1.807) is 0 Å². The average molecular weight is 247 g/mol. The van der Waals surface area contributed by atoms with E-state index in [1.807, 2.05) is 0 Å². The minimum absolute atomic E-state index is 0.0904. The number of aryl methyl sites for hydroxylation is 1. The van der Waals surface area contributed by atoms with Crippen molar-refractivity contribution in [2.24, 2.45) is 5.73 Å². The number of nitrogens with two attached hydrogens (primary N) is 1. The van der Waals surface area contributed by atoms with Gasteiger partial charge in [-0.3, -0.25) is 4.79 Å². The second kappa shape index (κ2) is 5.18. The summed E-state index contributed by atoms with van der Waals surface area (Å²) in [4.78, 5) is 10.5. The van der Waals surface area contributed by atoms with Gasteiger partial charge in [-0.1, -0.05) is 6.07 Å². The summed E-state index contributed by atoms with van der Waals surface area (Å²) in [6, 6.07) is 1.05. The lowest BCUT2D eigenvalue weighted by molar-refractivity contribution is -0.138. The molecule has 1 rings (SSSR count). The molecule has 94 valence electrons. The van der Waals surface area contributed by atoms with Crippen molar-refractivity contribution in [1.82, 2.24) is 0 Å². The molecule has 3 nitrogen and oxygen atoms in total. The molecule has 0 radical (unpaired) electrons. The number of halogens is 3. The minimum Gasteiger partial charge on any atom is -0.480 e. The van der Waals surface area contributed by atoms with Crippen molar-refractivity contribution >= 4 is 5.97 Å². The molecule has 0 amide bonds. The van der Waals surface area contributed by atoms with Gasteiger partial charge in [0.2, 0.25) is 0 Å². The van der Waals surface area contributed by atoms with Gasteiger partial charge in [0.15, 0.2) is 0 Å². The summed E-state index contributed by atoms with van der Waals surface area (Å²) in [7, 11) is 0. The van der Waals surface area contributed by atoms with Crippen LogP contribution >= 0.6 is 0 Å². The van der Waals surface area contributed by atoms with E-state index in [2.05, 4.69) is 0 Å². The first-order valence-electron chi connectivity index (χ1n) is 4.88. The Morgan fingerprint density at radius 3 is 2.47 bits per heavy atom. The van der Waals surface area contributed by atoms with E-state index in [0.717, 1.165) is 6.07 Å². The van der Waals surface area contributed by atoms with Crippen molar-refractivity contribution in [2.45, 2.75) is 25.8 Å². The van der Waals surface area contributed by atoms with E-state index in [1.165, 1.54) is 13.0 Å². The number of carboxylic acid groups (broad SMARTS) is 1. The minimum atomic E-state index is -2.89. The Kier molecular flexibility index (Phi) is 4.11. The zero-order valence-corrected chi connectivity index (χ0v) is 9.08. The number of rotatable bonds is 4. The molecule has 1 atom stereocenters. The number of aliphatic carboxylic acids is 1. The van der Waals surface area contributed by atoms with Crippen molar-refractivity contribution in [2.75, 3.05) is 0 Å². The summed E-state index contributed by atoms with van der Waals surface area (Å²) in [5.74, 6) is -2.26. The molecule has 0 fully saturated rings. The molecule has 0 aliphatic rings. The van der Waals surface area contributed by atoms with E-state index in [-0.39, 0.29) is 12.0 Å². The van der Waals surface area contributed by atoms with E-state index in [4.69, 9.17) is 10.8 Å². The fourth-order valence-corrected chi connectivity index (χ4v) is 1.56. The van der Waals surface area contributed by atoms with Crippen LogP contribution in [0.1, 0.15) is 23.1 Å². The largest absolute Gasteiger partial charge is 0.480 e. The summed E-state index contributed by atoms with van der Waals surface area (Å²) < 4.78 is 38.2. The molecule has 0 heterocycles. The number of hydrogen-bond donors (Lipinski definition) is 2. The van der Waals surface area contributed by atoms with Crippen molar-refractivity contribution in [1.29, 1.82) is 0 Å². The van der Waals surface area contributed by atoms with Gasteiger partial charge in [0.1, 0.15) is 11.9 Å². The summed E-state index contributed by atoms with van der Waals surface area (Å²) in [5, 5.41) is 8.59. The highest BCUT2D eigenvalue weighted by Gasteiger charge is 2.19. The monoisotopic (exact) mass is 247 g/mol. The van der Waals surface area contributed by atoms with Gasteiger partial charge in [-0.25, -0.2) is 13.2 Å². The molecule has 0 spiro atoms. The van der Waals surface area contributed by atoms with Crippen LogP contribution in [0.5, 0.6) is 0 Å². The summed E-state index contributed by atoms with van der Waals surface area (Å²) in [6.07, 6.45) is -2.99. The molecule has 17 heavy (non-hydrogen) atoms. The van der Waals surface area contributed by atoms with Crippen LogP contribution in [0.15, 0.2) is 12.1 Å². The van der Waals surface area contributed by atoms with Crippen LogP contribution in [0, 0.1) is 12.7 Å². The van der Waals surface area contributed by atoms with Gasteiger partial charge in [0, 0.05) is 0 Å². The van der Waals surface area contributed by atoms with Crippen LogP contribution in [0.25, 0.3) is 0 Å².